The second-order valence-electron chi connectivity index (χ2n) is 7.13. The zero-order valence-electron chi connectivity index (χ0n) is 17.1. The fourth-order valence-electron chi connectivity index (χ4n) is 3.03. The van der Waals surface area contributed by atoms with Crippen LogP contribution in [0.5, 0.6) is 0 Å². The van der Waals surface area contributed by atoms with Crippen molar-refractivity contribution < 1.29 is 30.7 Å². The van der Waals surface area contributed by atoms with E-state index in [1.165, 1.54) is 32.0 Å². The van der Waals surface area contributed by atoms with Gasteiger partial charge in [0.2, 0.25) is 0 Å². The van der Waals surface area contributed by atoms with Gasteiger partial charge in [0.05, 0.1) is 17.3 Å². The first-order chi connectivity index (χ1) is 14.8. The molecular formula is C20H18ClF4N3O3S. The maximum absolute atomic E-state index is 13.7. The molecule has 12 heteroatoms. The molecule has 1 atom stereocenters. The average molecular weight is 492 g/mol. The van der Waals surface area contributed by atoms with E-state index in [9.17, 15) is 26.0 Å². The van der Waals surface area contributed by atoms with Crippen molar-refractivity contribution in [2.24, 2.45) is 0 Å². The fourth-order valence-corrected chi connectivity index (χ4v) is 4.09. The van der Waals surface area contributed by atoms with Gasteiger partial charge in [-0.3, -0.25) is 0 Å². The molecule has 0 saturated carbocycles. The normalized spacial score (nSPS) is 13.4. The molecular weight excluding hydrogens is 474 g/mol. The summed E-state index contributed by atoms with van der Waals surface area (Å²) in [5, 5.41) is -0.364. The monoisotopic (exact) mass is 491 g/mol. The number of sulfone groups is 1. The third-order valence-corrected chi connectivity index (χ3v) is 5.99. The second-order valence-corrected chi connectivity index (χ2v) is 9.47. The van der Waals surface area contributed by atoms with Gasteiger partial charge in [-0.15, -0.1) is 0 Å². The Morgan fingerprint density at radius 3 is 2.38 bits per heavy atom. The standard InChI is InChI=1S/C20H18ClF4N3O3S/c1-10-13(5-7-16(26-10)20(23,24)25)9-31-17(12-4-6-15(22)14(21)8-12)18-27-11(2)19(28-18)32(3,29)30/h4-8,17H,9H2,1-3H3,(H,27,28)/t17-/m0/s1. The Balaban J connectivity index is 1.98. The van der Waals surface area contributed by atoms with Crippen LogP contribution in [0.15, 0.2) is 35.4 Å². The van der Waals surface area contributed by atoms with Crippen LogP contribution >= 0.6 is 11.6 Å². The Labute approximate surface area is 186 Å². The Morgan fingerprint density at radius 1 is 1.16 bits per heavy atom. The van der Waals surface area contributed by atoms with E-state index in [-0.39, 0.29) is 33.9 Å². The van der Waals surface area contributed by atoms with Gasteiger partial charge >= 0.3 is 6.18 Å². The fraction of sp³-hybridized carbons (Fsp3) is 0.300. The number of benzene rings is 1. The van der Waals surface area contributed by atoms with Crippen LogP contribution in [-0.4, -0.2) is 29.6 Å². The molecule has 1 aromatic carbocycles. The first-order valence-corrected chi connectivity index (χ1v) is 11.4. The van der Waals surface area contributed by atoms with Gasteiger partial charge in [0.25, 0.3) is 0 Å². The summed E-state index contributed by atoms with van der Waals surface area (Å²) in [5.74, 6) is -0.549. The first kappa shape index (κ1) is 24.1. The number of nitrogens with zero attached hydrogens (tertiary/aromatic N) is 2. The summed E-state index contributed by atoms with van der Waals surface area (Å²) in [6.45, 7) is 2.76. The molecule has 0 aliphatic carbocycles. The van der Waals surface area contributed by atoms with Crippen LogP contribution in [-0.2, 0) is 27.4 Å². The summed E-state index contributed by atoms with van der Waals surface area (Å²) in [4.78, 5) is 10.5. The van der Waals surface area contributed by atoms with Gasteiger partial charge in [-0.1, -0.05) is 23.7 Å². The van der Waals surface area contributed by atoms with Crippen LogP contribution in [0, 0.1) is 19.7 Å². The van der Waals surface area contributed by atoms with Crippen LogP contribution < -0.4 is 0 Å². The van der Waals surface area contributed by atoms with Crippen LogP contribution in [0.25, 0.3) is 0 Å². The molecule has 172 valence electrons. The van der Waals surface area contributed by atoms with E-state index in [1.54, 1.807) is 0 Å². The highest BCUT2D eigenvalue weighted by molar-refractivity contribution is 7.90. The lowest BCUT2D eigenvalue weighted by Crippen LogP contribution is -2.12. The van der Waals surface area contributed by atoms with E-state index in [0.717, 1.165) is 18.4 Å². The molecule has 0 saturated heterocycles. The number of rotatable bonds is 6. The van der Waals surface area contributed by atoms with E-state index < -0.39 is 33.6 Å². The Kier molecular flexibility index (Phi) is 6.64. The second kappa shape index (κ2) is 8.80. The van der Waals surface area contributed by atoms with Gasteiger partial charge in [-0.25, -0.2) is 22.8 Å². The van der Waals surface area contributed by atoms with Crippen molar-refractivity contribution in [1.82, 2.24) is 15.0 Å². The Bertz CT molecular complexity index is 1260. The lowest BCUT2D eigenvalue weighted by molar-refractivity contribution is -0.141. The molecule has 0 radical (unpaired) electrons. The van der Waals surface area contributed by atoms with Gasteiger partial charge in [0.15, 0.2) is 14.9 Å². The highest BCUT2D eigenvalue weighted by Crippen LogP contribution is 2.31. The van der Waals surface area contributed by atoms with Gasteiger partial charge in [-0.05, 0) is 43.2 Å². The molecule has 0 bridgehead atoms. The summed E-state index contributed by atoms with van der Waals surface area (Å²) < 4.78 is 82.1. The van der Waals surface area contributed by atoms with E-state index in [1.807, 2.05) is 0 Å². The molecule has 3 aromatic rings. The van der Waals surface area contributed by atoms with E-state index >= 15 is 0 Å². The van der Waals surface area contributed by atoms with Crippen LogP contribution in [0.2, 0.25) is 5.02 Å². The Morgan fingerprint density at radius 2 is 1.84 bits per heavy atom. The minimum Gasteiger partial charge on any atom is -0.361 e. The minimum absolute atomic E-state index is 0.114. The zero-order chi connectivity index (χ0) is 23.8. The summed E-state index contributed by atoms with van der Waals surface area (Å²) in [6, 6.07) is 5.90. The highest BCUT2D eigenvalue weighted by Gasteiger charge is 2.33. The van der Waals surface area contributed by atoms with Crippen LogP contribution in [0.3, 0.4) is 0 Å². The molecule has 32 heavy (non-hydrogen) atoms. The molecule has 0 unspecified atom stereocenters. The summed E-state index contributed by atoms with van der Waals surface area (Å²) in [6.07, 6.45) is -4.59. The number of imidazole rings is 1. The van der Waals surface area contributed by atoms with Crippen molar-refractivity contribution >= 4 is 21.4 Å². The van der Waals surface area contributed by atoms with Gasteiger partial charge < -0.3 is 9.72 Å². The predicted octanol–water partition coefficient (Wildman–Crippen LogP) is 4.94. The Hall–Kier alpha value is -2.50. The maximum atomic E-state index is 13.7. The molecule has 3 rings (SSSR count). The number of hydrogen-bond acceptors (Lipinski definition) is 5. The van der Waals surface area contributed by atoms with Gasteiger partial charge in [0, 0.05) is 11.9 Å². The first-order valence-electron chi connectivity index (χ1n) is 9.14. The molecule has 0 amide bonds. The molecule has 0 spiro atoms. The van der Waals surface area contributed by atoms with E-state index in [2.05, 4.69) is 15.0 Å². The lowest BCUT2D eigenvalue weighted by atomic mass is 10.1. The summed E-state index contributed by atoms with van der Waals surface area (Å²) in [7, 11) is -3.64. The molecule has 0 fully saturated rings. The van der Waals surface area contributed by atoms with Crippen molar-refractivity contribution in [1.29, 1.82) is 0 Å². The number of halogens is 5. The van der Waals surface area contributed by atoms with Crippen molar-refractivity contribution in [3.05, 3.63) is 75.2 Å². The van der Waals surface area contributed by atoms with Crippen molar-refractivity contribution in [3.8, 4) is 0 Å². The largest absolute Gasteiger partial charge is 0.433 e. The molecule has 0 aliphatic rings. The van der Waals surface area contributed by atoms with Crippen LogP contribution in [0.4, 0.5) is 17.6 Å². The minimum atomic E-state index is -4.58. The third kappa shape index (κ3) is 5.28. The molecule has 2 aromatic heterocycles. The van der Waals surface area contributed by atoms with E-state index in [4.69, 9.17) is 16.3 Å². The van der Waals surface area contributed by atoms with Crippen molar-refractivity contribution in [3.63, 3.8) is 0 Å². The molecule has 6 nitrogen and oxygen atoms in total. The number of H-pyrrole nitrogens is 1. The van der Waals surface area contributed by atoms with Crippen LogP contribution in [0.1, 0.15) is 40.1 Å². The van der Waals surface area contributed by atoms with Gasteiger partial charge in [-0.2, -0.15) is 13.2 Å². The number of aryl methyl sites for hydroxylation is 2. The molecule has 1 N–H and O–H groups in total. The third-order valence-electron chi connectivity index (χ3n) is 4.60. The number of nitrogens with one attached hydrogen (secondary N) is 1. The number of aromatic amines is 1. The number of aromatic nitrogens is 3. The highest BCUT2D eigenvalue weighted by atomic mass is 35.5. The van der Waals surface area contributed by atoms with Crippen molar-refractivity contribution in [2.45, 2.75) is 37.8 Å². The smallest absolute Gasteiger partial charge is 0.361 e. The SMILES string of the molecule is Cc1nc(C(F)(F)F)ccc1CO[C@@H](c1ccc(F)c(Cl)c1)c1nc(S(C)(=O)=O)c(C)[nH]1. The predicted molar refractivity (Wildman–Crippen MR) is 108 cm³/mol. The van der Waals surface area contributed by atoms with Gasteiger partial charge in [0.1, 0.15) is 23.4 Å². The summed E-state index contributed by atoms with van der Waals surface area (Å²) >= 11 is 5.88. The zero-order valence-corrected chi connectivity index (χ0v) is 18.7. The molecule has 0 aliphatic heterocycles. The average Bonchev–Trinajstić information content (AvgIpc) is 3.07. The maximum Gasteiger partial charge on any atom is 0.433 e. The number of alkyl halides is 3. The number of ether oxygens (including phenoxy) is 1. The quantitative estimate of drug-likeness (QED) is 0.493. The molecule has 2 heterocycles. The lowest BCUT2D eigenvalue weighted by Gasteiger charge is -2.18. The topological polar surface area (TPSA) is 84.9 Å². The van der Waals surface area contributed by atoms with E-state index in [0.29, 0.717) is 11.1 Å². The van der Waals surface area contributed by atoms with Crippen molar-refractivity contribution in [2.75, 3.05) is 6.26 Å². The number of hydrogen-bond donors (Lipinski definition) is 1. The number of pyridine rings is 1. The summed E-state index contributed by atoms with van der Waals surface area (Å²) in [5.41, 5.74) is 0.102.